The van der Waals surface area contributed by atoms with E-state index in [0.29, 0.717) is 25.3 Å². The topological polar surface area (TPSA) is 58.9 Å². The molecule has 2 N–H and O–H groups in total. The Morgan fingerprint density at radius 2 is 1.78 bits per heavy atom. The van der Waals surface area contributed by atoms with Gasteiger partial charge in [0.15, 0.2) is 0 Å². The molecule has 0 aliphatic carbocycles. The maximum absolute atomic E-state index is 9.19. The van der Waals surface area contributed by atoms with Crippen LogP contribution in [-0.2, 0) is 16.1 Å². The first-order valence-electron chi connectivity index (χ1n) is 6.06. The maximum atomic E-state index is 9.19. The Hall–Kier alpha value is -0.875. The highest BCUT2D eigenvalue weighted by Crippen LogP contribution is 2.06. The van der Waals surface area contributed by atoms with Crippen molar-refractivity contribution < 1.29 is 19.5 Å². The van der Waals surface area contributed by atoms with Crippen LogP contribution < -0.4 is 5.46 Å². The largest absolute Gasteiger partial charge is 0.488 e. The summed E-state index contributed by atoms with van der Waals surface area (Å²) in [5.41, 5.74) is 1.10. The molecule has 0 heterocycles. The fourth-order valence-electron chi connectivity index (χ4n) is 1.51. The first kappa shape index (κ1) is 15.2. The van der Waals surface area contributed by atoms with Gasteiger partial charge in [-0.2, -0.15) is 0 Å². The van der Waals surface area contributed by atoms with Crippen LogP contribution in [0.4, 0.5) is 0 Å². The van der Waals surface area contributed by atoms with Gasteiger partial charge in [0, 0.05) is 0 Å². The van der Waals surface area contributed by atoms with E-state index in [2.05, 4.69) is 0 Å². The van der Waals surface area contributed by atoms with Crippen LogP contribution >= 0.6 is 0 Å². The Balaban J connectivity index is 2.36. The van der Waals surface area contributed by atoms with Gasteiger partial charge < -0.3 is 19.5 Å². The summed E-state index contributed by atoms with van der Waals surface area (Å²) in [5, 5.41) is 18.4. The third-order valence-corrected chi connectivity index (χ3v) is 2.35. The highest BCUT2D eigenvalue weighted by molar-refractivity contribution is 6.59. The van der Waals surface area contributed by atoms with Crippen LogP contribution in [0.3, 0.4) is 0 Å². The summed E-state index contributed by atoms with van der Waals surface area (Å²) in [5.74, 6) is 0. The zero-order valence-corrected chi connectivity index (χ0v) is 11.2. The lowest BCUT2D eigenvalue weighted by Crippen LogP contribution is -2.33. The van der Waals surface area contributed by atoms with Crippen molar-refractivity contribution >= 4 is 12.6 Å². The van der Waals surface area contributed by atoms with Crippen molar-refractivity contribution in [3.63, 3.8) is 0 Å². The quantitative estimate of drug-likeness (QED) is 0.578. The first-order chi connectivity index (χ1) is 8.40. The molecule has 0 unspecified atom stereocenters. The van der Waals surface area contributed by atoms with Gasteiger partial charge in [-0.1, -0.05) is 24.3 Å². The van der Waals surface area contributed by atoms with Crippen LogP contribution in [0.15, 0.2) is 24.3 Å². The van der Waals surface area contributed by atoms with E-state index >= 15 is 0 Å². The third kappa shape index (κ3) is 5.64. The molecular formula is C13H21BO4. The number of rotatable bonds is 6. The fourth-order valence-corrected chi connectivity index (χ4v) is 1.51. The van der Waals surface area contributed by atoms with Crippen molar-refractivity contribution in [1.82, 2.24) is 0 Å². The molecule has 18 heavy (non-hydrogen) atoms. The van der Waals surface area contributed by atoms with Crippen molar-refractivity contribution in [1.29, 1.82) is 0 Å². The summed E-state index contributed by atoms with van der Waals surface area (Å²) in [7, 11) is -1.46. The smallest absolute Gasteiger partial charge is 0.423 e. The molecule has 1 aromatic carbocycles. The van der Waals surface area contributed by atoms with Gasteiger partial charge in [0.25, 0.3) is 0 Å². The molecule has 0 bridgehead atoms. The molecule has 0 spiro atoms. The molecule has 0 aliphatic rings. The molecule has 0 aliphatic heterocycles. The van der Waals surface area contributed by atoms with Crippen molar-refractivity contribution in [3.05, 3.63) is 29.8 Å². The number of hydrogen-bond acceptors (Lipinski definition) is 4. The van der Waals surface area contributed by atoms with E-state index in [0.717, 1.165) is 5.56 Å². The van der Waals surface area contributed by atoms with Crippen LogP contribution in [-0.4, -0.2) is 36.0 Å². The van der Waals surface area contributed by atoms with E-state index in [4.69, 9.17) is 9.47 Å². The summed E-state index contributed by atoms with van der Waals surface area (Å²) in [6.45, 7) is 7.32. The van der Waals surface area contributed by atoms with Gasteiger partial charge in [-0.3, -0.25) is 0 Å². The lowest BCUT2D eigenvalue weighted by Gasteiger charge is -2.19. The van der Waals surface area contributed by atoms with Gasteiger partial charge in [0.1, 0.15) is 0 Å². The third-order valence-electron chi connectivity index (χ3n) is 2.35. The Labute approximate surface area is 109 Å². The summed E-state index contributed by atoms with van der Waals surface area (Å²) in [4.78, 5) is 0. The zero-order valence-electron chi connectivity index (χ0n) is 11.2. The Morgan fingerprint density at radius 1 is 1.11 bits per heavy atom. The second-order valence-corrected chi connectivity index (χ2v) is 5.09. The monoisotopic (exact) mass is 252 g/mol. The summed E-state index contributed by atoms with van der Waals surface area (Å²) in [6.07, 6.45) is 0. The standard InChI is InChI=1S/C13H21BO4/c1-13(2,3)18-9-8-17-10-11-6-4-5-7-12(11)14(15)16/h4-7,15-16H,8-10H2,1-3H3. The van der Waals surface area contributed by atoms with Gasteiger partial charge >= 0.3 is 7.12 Å². The van der Waals surface area contributed by atoms with E-state index in [1.807, 2.05) is 32.9 Å². The van der Waals surface area contributed by atoms with E-state index in [-0.39, 0.29) is 5.60 Å². The van der Waals surface area contributed by atoms with Crippen molar-refractivity contribution in [2.24, 2.45) is 0 Å². The van der Waals surface area contributed by atoms with Crippen LogP contribution in [0.25, 0.3) is 0 Å². The average Bonchev–Trinajstić information content (AvgIpc) is 2.27. The number of ether oxygens (including phenoxy) is 2. The molecule has 0 saturated carbocycles. The lowest BCUT2D eigenvalue weighted by atomic mass is 9.77. The first-order valence-corrected chi connectivity index (χ1v) is 6.06. The van der Waals surface area contributed by atoms with Crippen LogP contribution in [0.2, 0.25) is 0 Å². The Kier molecular flexibility index (Phi) is 5.82. The SMILES string of the molecule is CC(C)(C)OCCOCc1ccccc1B(O)O. The minimum Gasteiger partial charge on any atom is -0.423 e. The molecule has 0 radical (unpaired) electrons. The minimum absolute atomic E-state index is 0.164. The number of benzene rings is 1. The van der Waals surface area contributed by atoms with E-state index in [9.17, 15) is 10.0 Å². The van der Waals surface area contributed by atoms with Gasteiger partial charge in [-0.15, -0.1) is 0 Å². The minimum atomic E-state index is -1.46. The molecule has 0 aromatic heterocycles. The lowest BCUT2D eigenvalue weighted by molar-refractivity contribution is -0.0376. The molecule has 0 atom stereocenters. The Bertz CT molecular complexity index is 360. The van der Waals surface area contributed by atoms with Crippen molar-refractivity contribution in [3.8, 4) is 0 Å². The average molecular weight is 252 g/mol. The molecule has 4 nitrogen and oxygen atoms in total. The van der Waals surface area contributed by atoms with Gasteiger partial charge in [0.05, 0.1) is 25.4 Å². The van der Waals surface area contributed by atoms with E-state index < -0.39 is 7.12 Å². The predicted octanol–water partition coefficient (Wildman–Crippen LogP) is 0.698. The number of hydrogen-bond donors (Lipinski definition) is 2. The second-order valence-electron chi connectivity index (χ2n) is 5.09. The summed E-state index contributed by atoms with van der Waals surface area (Å²) in [6, 6.07) is 7.10. The van der Waals surface area contributed by atoms with Crippen LogP contribution in [0.1, 0.15) is 26.3 Å². The van der Waals surface area contributed by atoms with Crippen molar-refractivity contribution in [2.45, 2.75) is 33.0 Å². The molecule has 0 fully saturated rings. The highest BCUT2D eigenvalue weighted by Gasteiger charge is 2.15. The van der Waals surface area contributed by atoms with Gasteiger partial charge in [-0.25, -0.2) is 0 Å². The second kappa shape index (κ2) is 6.90. The molecule has 1 aromatic rings. The molecule has 5 heteroatoms. The Morgan fingerprint density at radius 3 is 2.39 bits per heavy atom. The molecule has 0 amide bonds. The van der Waals surface area contributed by atoms with Crippen molar-refractivity contribution in [2.75, 3.05) is 13.2 Å². The van der Waals surface area contributed by atoms with Gasteiger partial charge in [-0.05, 0) is 31.8 Å². The maximum Gasteiger partial charge on any atom is 0.488 e. The van der Waals surface area contributed by atoms with Gasteiger partial charge in [0.2, 0.25) is 0 Å². The molecule has 0 saturated heterocycles. The highest BCUT2D eigenvalue weighted by atomic mass is 16.5. The molecular weight excluding hydrogens is 231 g/mol. The molecule has 100 valence electrons. The van der Waals surface area contributed by atoms with E-state index in [1.165, 1.54) is 0 Å². The molecule has 1 rings (SSSR count). The summed E-state index contributed by atoms with van der Waals surface area (Å²) >= 11 is 0. The summed E-state index contributed by atoms with van der Waals surface area (Å²) < 4.78 is 11.0. The van der Waals surface area contributed by atoms with Crippen LogP contribution in [0.5, 0.6) is 0 Å². The van der Waals surface area contributed by atoms with Crippen LogP contribution in [0, 0.1) is 0 Å². The zero-order chi connectivity index (χ0) is 13.6. The normalized spacial score (nSPS) is 11.6. The predicted molar refractivity (Wildman–Crippen MR) is 71.6 cm³/mol. The fraction of sp³-hybridized carbons (Fsp3) is 0.538. The van der Waals surface area contributed by atoms with E-state index in [1.54, 1.807) is 12.1 Å².